The second kappa shape index (κ2) is 6.93. The van der Waals surface area contributed by atoms with Crippen molar-refractivity contribution in [1.82, 2.24) is 0 Å². The van der Waals surface area contributed by atoms with Gasteiger partial charge in [-0.05, 0) is 43.9 Å². The van der Waals surface area contributed by atoms with Crippen LogP contribution in [0.2, 0.25) is 0 Å². The number of nitrogens with two attached hydrogens (primary N) is 1. The van der Waals surface area contributed by atoms with E-state index in [-0.39, 0.29) is 0 Å². The van der Waals surface area contributed by atoms with Crippen molar-refractivity contribution in [3.05, 3.63) is 0 Å². The fourth-order valence-corrected chi connectivity index (χ4v) is 2.66. The van der Waals surface area contributed by atoms with E-state index in [1.807, 2.05) is 0 Å². The van der Waals surface area contributed by atoms with Crippen LogP contribution in [-0.4, -0.2) is 11.9 Å². The molecular weight excluding hydrogens is 196 g/mol. The molecule has 2 atom stereocenters. The molecule has 0 aliphatic carbocycles. The Kier molecular flexibility index (Phi) is 5.86. The highest BCUT2D eigenvalue weighted by Crippen LogP contribution is 2.22. The third-order valence-corrected chi connectivity index (χ3v) is 3.44. The van der Waals surface area contributed by atoms with Crippen molar-refractivity contribution in [3.8, 4) is 0 Å². The Bertz CT molecular complexity index is 221. The summed E-state index contributed by atoms with van der Waals surface area (Å²) in [6.07, 6.45) is 8.66. The quantitative estimate of drug-likeness (QED) is 0.759. The predicted octanol–water partition coefficient (Wildman–Crippen LogP) is 3.75. The Hall–Kier alpha value is -0.530. The van der Waals surface area contributed by atoms with E-state index in [0.717, 1.165) is 24.1 Å². The molecule has 2 heteroatoms. The van der Waals surface area contributed by atoms with E-state index in [1.165, 1.54) is 38.5 Å². The van der Waals surface area contributed by atoms with Crippen LogP contribution >= 0.6 is 0 Å². The summed E-state index contributed by atoms with van der Waals surface area (Å²) in [5, 5.41) is 0. The third kappa shape index (κ3) is 5.53. The SMILES string of the molecule is CC(C)C[C@@H](C)CCC1CCCCC(N)=N1. The molecule has 1 aliphatic heterocycles. The third-order valence-electron chi connectivity index (χ3n) is 3.44. The van der Waals surface area contributed by atoms with Crippen molar-refractivity contribution < 1.29 is 0 Å². The molecule has 0 fully saturated rings. The first-order chi connectivity index (χ1) is 7.58. The minimum absolute atomic E-state index is 0.511. The largest absolute Gasteiger partial charge is 0.387 e. The van der Waals surface area contributed by atoms with Crippen LogP contribution < -0.4 is 5.73 Å². The lowest BCUT2D eigenvalue weighted by Gasteiger charge is -2.16. The lowest BCUT2D eigenvalue weighted by atomic mass is 9.92. The van der Waals surface area contributed by atoms with Gasteiger partial charge in [0.15, 0.2) is 0 Å². The van der Waals surface area contributed by atoms with Gasteiger partial charge < -0.3 is 5.73 Å². The van der Waals surface area contributed by atoms with Crippen molar-refractivity contribution in [1.29, 1.82) is 0 Å². The standard InChI is InChI=1S/C14H28N2/c1-11(2)10-12(3)8-9-13-6-4-5-7-14(15)16-13/h11-13H,4-10H2,1-3H3,(H2,15,16)/t12-,13?/m0/s1. The molecule has 94 valence electrons. The van der Waals surface area contributed by atoms with E-state index in [9.17, 15) is 0 Å². The van der Waals surface area contributed by atoms with Gasteiger partial charge in [0, 0.05) is 6.42 Å². The predicted molar refractivity (Wildman–Crippen MR) is 71.7 cm³/mol. The van der Waals surface area contributed by atoms with Crippen LogP contribution in [0.3, 0.4) is 0 Å². The first kappa shape index (κ1) is 13.5. The molecule has 0 aromatic rings. The number of hydrogen-bond donors (Lipinski definition) is 1. The average molecular weight is 224 g/mol. The summed E-state index contributed by atoms with van der Waals surface area (Å²) in [5.74, 6) is 2.54. The van der Waals surface area contributed by atoms with Crippen molar-refractivity contribution in [3.63, 3.8) is 0 Å². The van der Waals surface area contributed by atoms with Gasteiger partial charge in [0.2, 0.25) is 0 Å². The summed E-state index contributed by atoms with van der Waals surface area (Å²) in [7, 11) is 0. The smallest absolute Gasteiger partial charge is 0.0940 e. The molecule has 0 aromatic carbocycles. The summed E-state index contributed by atoms with van der Waals surface area (Å²) in [6.45, 7) is 6.97. The summed E-state index contributed by atoms with van der Waals surface area (Å²) in [4.78, 5) is 4.62. The Balaban J connectivity index is 2.27. The highest BCUT2D eigenvalue weighted by Gasteiger charge is 2.13. The Morgan fingerprint density at radius 3 is 2.75 bits per heavy atom. The maximum absolute atomic E-state index is 5.86. The van der Waals surface area contributed by atoms with Crippen LogP contribution in [0.1, 0.15) is 65.7 Å². The number of amidine groups is 1. The molecule has 2 nitrogen and oxygen atoms in total. The Morgan fingerprint density at radius 2 is 2.06 bits per heavy atom. The molecule has 0 aromatic heterocycles. The van der Waals surface area contributed by atoms with Gasteiger partial charge in [-0.25, -0.2) is 0 Å². The number of aliphatic imine (C=N–C) groups is 1. The first-order valence-electron chi connectivity index (χ1n) is 6.90. The summed E-state index contributed by atoms with van der Waals surface area (Å²) < 4.78 is 0. The van der Waals surface area contributed by atoms with Gasteiger partial charge >= 0.3 is 0 Å². The monoisotopic (exact) mass is 224 g/mol. The van der Waals surface area contributed by atoms with Crippen LogP contribution in [0, 0.1) is 11.8 Å². The molecule has 0 saturated carbocycles. The molecule has 1 heterocycles. The van der Waals surface area contributed by atoms with Crippen LogP contribution in [0.25, 0.3) is 0 Å². The fraction of sp³-hybridized carbons (Fsp3) is 0.929. The average Bonchev–Trinajstić information content (AvgIpc) is 2.38. The molecule has 1 aliphatic rings. The van der Waals surface area contributed by atoms with E-state index in [1.54, 1.807) is 0 Å². The van der Waals surface area contributed by atoms with Gasteiger partial charge in [0.05, 0.1) is 11.9 Å². The maximum atomic E-state index is 5.86. The number of nitrogens with zero attached hydrogens (tertiary/aromatic N) is 1. The molecule has 0 spiro atoms. The molecule has 1 rings (SSSR count). The fourth-order valence-electron chi connectivity index (χ4n) is 2.66. The zero-order chi connectivity index (χ0) is 12.0. The van der Waals surface area contributed by atoms with Crippen molar-refractivity contribution in [2.75, 3.05) is 0 Å². The highest BCUT2D eigenvalue weighted by atomic mass is 14.9. The normalized spacial score (nSPS) is 24.0. The second-order valence-corrected chi connectivity index (χ2v) is 5.83. The van der Waals surface area contributed by atoms with Crippen LogP contribution in [0.4, 0.5) is 0 Å². The van der Waals surface area contributed by atoms with Gasteiger partial charge in [-0.3, -0.25) is 4.99 Å². The van der Waals surface area contributed by atoms with E-state index < -0.39 is 0 Å². The number of hydrogen-bond acceptors (Lipinski definition) is 2. The van der Waals surface area contributed by atoms with Gasteiger partial charge in [0.25, 0.3) is 0 Å². The second-order valence-electron chi connectivity index (χ2n) is 5.83. The van der Waals surface area contributed by atoms with Crippen LogP contribution in [-0.2, 0) is 0 Å². The molecule has 2 N–H and O–H groups in total. The van der Waals surface area contributed by atoms with Gasteiger partial charge in [-0.15, -0.1) is 0 Å². The van der Waals surface area contributed by atoms with Crippen molar-refractivity contribution in [2.45, 2.75) is 71.8 Å². The van der Waals surface area contributed by atoms with Crippen LogP contribution in [0.5, 0.6) is 0 Å². The van der Waals surface area contributed by atoms with E-state index in [0.29, 0.717) is 6.04 Å². The summed E-state index contributed by atoms with van der Waals surface area (Å²) in [5.41, 5.74) is 5.86. The molecule has 0 radical (unpaired) electrons. The summed E-state index contributed by atoms with van der Waals surface area (Å²) in [6, 6.07) is 0.511. The Morgan fingerprint density at radius 1 is 1.31 bits per heavy atom. The molecule has 0 amide bonds. The Labute approximate surface area is 101 Å². The summed E-state index contributed by atoms with van der Waals surface area (Å²) >= 11 is 0. The van der Waals surface area contributed by atoms with Crippen molar-refractivity contribution >= 4 is 5.84 Å². The zero-order valence-electron chi connectivity index (χ0n) is 11.2. The molecule has 0 bridgehead atoms. The lowest BCUT2D eigenvalue weighted by molar-refractivity contribution is 0.384. The molecule has 1 unspecified atom stereocenters. The van der Waals surface area contributed by atoms with E-state index in [2.05, 4.69) is 25.8 Å². The van der Waals surface area contributed by atoms with E-state index in [4.69, 9.17) is 5.73 Å². The first-order valence-corrected chi connectivity index (χ1v) is 6.90. The molecular formula is C14H28N2. The zero-order valence-corrected chi connectivity index (χ0v) is 11.2. The van der Waals surface area contributed by atoms with Crippen LogP contribution in [0.15, 0.2) is 4.99 Å². The van der Waals surface area contributed by atoms with Crippen molar-refractivity contribution in [2.24, 2.45) is 22.6 Å². The minimum atomic E-state index is 0.511. The maximum Gasteiger partial charge on any atom is 0.0940 e. The van der Waals surface area contributed by atoms with Gasteiger partial charge in [-0.1, -0.05) is 27.2 Å². The van der Waals surface area contributed by atoms with Gasteiger partial charge in [-0.2, -0.15) is 0 Å². The van der Waals surface area contributed by atoms with Gasteiger partial charge in [0.1, 0.15) is 0 Å². The topological polar surface area (TPSA) is 38.4 Å². The minimum Gasteiger partial charge on any atom is -0.387 e. The highest BCUT2D eigenvalue weighted by molar-refractivity contribution is 5.80. The lowest BCUT2D eigenvalue weighted by Crippen LogP contribution is -2.14. The number of rotatable bonds is 5. The molecule has 16 heavy (non-hydrogen) atoms. The van der Waals surface area contributed by atoms with E-state index >= 15 is 0 Å². The molecule has 0 saturated heterocycles.